The summed E-state index contributed by atoms with van der Waals surface area (Å²) < 4.78 is 49.7. The van der Waals surface area contributed by atoms with Crippen molar-refractivity contribution in [2.75, 3.05) is 6.61 Å². The topological polar surface area (TPSA) is 9.23 Å². The molecule has 4 heteroatoms. The fraction of sp³-hybridized carbons (Fsp3) is 0.405. The second kappa shape index (κ2) is 13.6. The predicted molar refractivity (Wildman–Crippen MR) is 162 cm³/mol. The molecule has 3 aromatic carbocycles. The summed E-state index contributed by atoms with van der Waals surface area (Å²) in [6.45, 7) is 7.48. The van der Waals surface area contributed by atoms with Gasteiger partial charge in [-0.25, -0.2) is 8.78 Å². The highest BCUT2D eigenvalue weighted by Gasteiger charge is 2.31. The van der Waals surface area contributed by atoms with Crippen LogP contribution in [-0.2, 0) is 0 Å². The van der Waals surface area contributed by atoms with Gasteiger partial charge < -0.3 is 4.74 Å². The molecule has 2 aliphatic carbocycles. The van der Waals surface area contributed by atoms with Gasteiger partial charge >= 0.3 is 0 Å². The summed E-state index contributed by atoms with van der Waals surface area (Å²) in [7, 11) is 0. The zero-order valence-electron chi connectivity index (χ0n) is 23.9. The molecule has 0 unspecified atom stereocenters. The van der Waals surface area contributed by atoms with Crippen LogP contribution in [0.1, 0.15) is 75.7 Å². The normalized spacial score (nSPS) is 22.7. The van der Waals surface area contributed by atoms with Crippen molar-refractivity contribution < 1.29 is 17.9 Å². The predicted octanol–water partition coefficient (Wildman–Crippen LogP) is 11.0. The van der Waals surface area contributed by atoms with E-state index in [1.807, 2.05) is 12.1 Å². The summed E-state index contributed by atoms with van der Waals surface area (Å²) in [5.74, 6) is 0.594. The van der Waals surface area contributed by atoms with E-state index >= 15 is 4.39 Å². The van der Waals surface area contributed by atoms with Gasteiger partial charge in [0.1, 0.15) is 12.4 Å². The number of hydrogen-bond acceptors (Lipinski definition) is 1. The minimum Gasteiger partial charge on any atom is -0.486 e. The molecular weight excluding hydrogens is 517 g/mol. The fourth-order valence-corrected chi connectivity index (χ4v) is 7.09. The first-order valence-electron chi connectivity index (χ1n) is 15.2. The molecule has 0 aliphatic heterocycles. The van der Waals surface area contributed by atoms with E-state index in [9.17, 15) is 8.78 Å². The Labute approximate surface area is 243 Å². The molecule has 1 nitrogen and oxygen atoms in total. The monoisotopic (exact) mass is 558 g/mol. The molecule has 0 N–H and O–H groups in total. The van der Waals surface area contributed by atoms with Gasteiger partial charge in [0.25, 0.3) is 0 Å². The van der Waals surface area contributed by atoms with Crippen LogP contribution in [0, 0.1) is 35.2 Å². The first-order valence-corrected chi connectivity index (χ1v) is 15.2. The highest BCUT2D eigenvalue weighted by Crippen LogP contribution is 2.45. The quantitative estimate of drug-likeness (QED) is 0.225. The van der Waals surface area contributed by atoms with Crippen molar-refractivity contribution in [3.8, 4) is 28.0 Å². The molecule has 41 heavy (non-hydrogen) atoms. The van der Waals surface area contributed by atoms with E-state index in [4.69, 9.17) is 4.74 Å². The molecule has 2 saturated carbocycles. The number of hydrogen-bond donors (Lipinski definition) is 0. The second-order valence-electron chi connectivity index (χ2n) is 11.9. The second-order valence-corrected chi connectivity index (χ2v) is 11.9. The maximum atomic E-state index is 15.3. The molecule has 0 heterocycles. The van der Waals surface area contributed by atoms with Gasteiger partial charge in [0, 0.05) is 11.1 Å². The Morgan fingerprint density at radius 2 is 1.29 bits per heavy atom. The standard InChI is InChI=1S/C37H41F3O/c1-3-5-6-25-7-9-26(10-8-25)27-11-13-28(14-12-27)31-19-20-32(34(38)24-31)29-15-17-30(18-16-29)33-21-22-35(41-23-4-2)37(40)36(33)39/h3-4,15-22,24-28H,1-2,5-14,23H2. The van der Waals surface area contributed by atoms with Crippen LogP contribution in [0.25, 0.3) is 22.3 Å². The first-order chi connectivity index (χ1) is 20.0. The summed E-state index contributed by atoms with van der Waals surface area (Å²) in [5.41, 5.74) is 2.96. The van der Waals surface area contributed by atoms with Crippen molar-refractivity contribution in [3.63, 3.8) is 0 Å². The van der Waals surface area contributed by atoms with Gasteiger partial charge in [0.05, 0.1) is 0 Å². The van der Waals surface area contributed by atoms with E-state index in [0.717, 1.165) is 42.6 Å². The third-order valence-electron chi connectivity index (χ3n) is 9.48. The van der Waals surface area contributed by atoms with Crippen molar-refractivity contribution in [2.24, 2.45) is 17.8 Å². The largest absolute Gasteiger partial charge is 0.486 e. The Balaban J connectivity index is 1.20. The number of rotatable bonds is 10. The van der Waals surface area contributed by atoms with Gasteiger partial charge in [-0.3, -0.25) is 0 Å². The zero-order valence-corrected chi connectivity index (χ0v) is 23.9. The molecule has 5 rings (SSSR count). The summed E-state index contributed by atoms with van der Waals surface area (Å²) in [6.07, 6.45) is 16.2. The minimum absolute atomic E-state index is 0.0911. The highest BCUT2D eigenvalue weighted by molar-refractivity contribution is 5.71. The number of ether oxygens (including phenoxy) is 1. The molecule has 0 saturated heterocycles. The Morgan fingerprint density at radius 1 is 0.683 bits per heavy atom. The molecule has 2 fully saturated rings. The van der Waals surface area contributed by atoms with Crippen LogP contribution in [0.2, 0.25) is 0 Å². The van der Waals surface area contributed by atoms with Crippen molar-refractivity contribution >= 4 is 0 Å². The van der Waals surface area contributed by atoms with Crippen LogP contribution in [0.3, 0.4) is 0 Å². The van der Waals surface area contributed by atoms with E-state index in [-0.39, 0.29) is 23.7 Å². The molecule has 2 aliphatic rings. The number of benzene rings is 3. The van der Waals surface area contributed by atoms with E-state index in [2.05, 4.69) is 19.2 Å². The van der Waals surface area contributed by atoms with Crippen molar-refractivity contribution in [1.82, 2.24) is 0 Å². The van der Waals surface area contributed by atoms with Gasteiger partial charge in [-0.1, -0.05) is 68.0 Å². The summed E-state index contributed by atoms with van der Waals surface area (Å²) in [4.78, 5) is 0. The lowest BCUT2D eigenvalue weighted by Gasteiger charge is -2.38. The third kappa shape index (κ3) is 6.80. The molecule has 216 valence electrons. The molecule has 3 aromatic rings. The molecule has 0 aromatic heterocycles. The van der Waals surface area contributed by atoms with Crippen LogP contribution in [-0.4, -0.2) is 6.61 Å². The molecular formula is C37H41F3O. The van der Waals surface area contributed by atoms with Gasteiger partial charge in [0.15, 0.2) is 11.6 Å². The maximum absolute atomic E-state index is 15.3. The SMILES string of the molecule is C=CCCC1CCC(C2CCC(c3ccc(-c4ccc(-c5ccc(OCC=C)c(F)c5F)cc4)c(F)c3)CC2)CC1. The van der Waals surface area contributed by atoms with E-state index in [0.29, 0.717) is 22.6 Å². The molecule has 0 atom stereocenters. The van der Waals surface area contributed by atoms with Gasteiger partial charge in [0.2, 0.25) is 5.82 Å². The molecule has 0 spiro atoms. The van der Waals surface area contributed by atoms with Crippen LogP contribution >= 0.6 is 0 Å². The van der Waals surface area contributed by atoms with Crippen molar-refractivity contribution in [3.05, 3.63) is 103 Å². The molecule has 0 radical (unpaired) electrons. The van der Waals surface area contributed by atoms with Crippen LogP contribution in [0.5, 0.6) is 5.75 Å². The zero-order chi connectivity index (χ0) is 28.8. The van der Waals surface area contributed by atoms with Gasteiger partial charge in [-0.15, -0.1) is 6.58 Å². The maximum Gasteiger partial charge on any atom is 0.201 e. The molecule has 0 bridgehead atoms. The van der Waals surface area contributed by atoms with E-state index < -0.39 is 11.6 Å². The fourth-order valence-electron chi connectivity index (χ4n) is 7.09. The van der Waals surface area contributed by atoms with Crippen LogP contribution in [0.15, 0.2) is 79.9 Å². The van der Waals surface area contributed by atoms with E-state index in [1.54, 1.807) is 30.3 Å². The molecule has 0 amide bonds. The average molecular weight is 559 g/mol. The Bertz CT molecular complexity index is 1330. The highest BCUT2D eigenvalue weighted by atomic mass is 19.2. The van der Waals surface area contributed by atoms with Gasteiger partial charge in [-0.05, 0) is 110 Å². The smallest absolute Gasteiger partial charge is 0.201 e. The summed E-state index contributed by atoms with van der Waals surface area (Å²) >= 11 is 0. The van der Waals surface area contributed by atoms with Crippen LogP contribution < -0.4 is 4.74 Å². The lowest BCUT2D eigenvalue weighted by Crippen LogP contribution is -2.25. The number of allylic oxidation sites excluding steroid dienone is 1. The number of halogens is 3. The van der Waals surface area contributed by atoms with Crippen molar-refractivity contribution in [2.45, 2.75) is 70.1 Å². The third-order valence-corrected chi connectivity index (χ3v) is 9.48. The van der Waals surface area contributed by atoms with E-state index in [1.165, 1.54) is 63.2 Å². The average Bonchev–Trinajstić information content (AvgIpc) is 3.01. The summed E-state index contributed by atoms with van der Waals surface area (Å²) in [6, 6.07) is 15.4. The lowest BCUT2D eigenvalue weighted by molar-refractivity contribution is 0.157. The van der Waals surface area contributed by atoms with Gasteiger partial charge in [-0.2, -0.15) is 4.39 Å². The Kier molecular flexibility index (Phi) is 9.69. The Morgan fingerprint density at radius 3 is 1.90 bits per heavy atom. The first kappa shape index (κ1) is 29.2. The summed E-state index contributed by atoms with van der Waals surface area (Å²) in [5, 5.41) is 0. The van der Waals surface area contributed by atoms with Crippen LogP contribution in [0.4, 0.5) is 13.2 Å². The van der Waals surface area contributed by atoms with Crippen molar-refractivity contribution in [1.29, 1.82) is 0 Å². The lowest BCUT2D eigenvalue weighted by atomic mass is 9.68. The minimum atomic E-state index is -1.03. The Hall–Kier alpha value is -3.27.